The van der Waals surface area contributed by atoms with E-state index in [4.69, 9.17) is 9.84 Å². The number of hydrogen-bond acceptors (Lipinski definition) is 4. The van der Waals surface area contributed by atoms with E-state index in [1.165, 1.54) is 6.07 Å². The van der Waals surface area contributed by atoms with Crippen LogP contribution in [-0.4, -0.2) is 28.7 Å². The van der Waals surface area contributed by atoms with Crippen LogP contribution in [-0.2, 0) is 6.54 Å². The zero-order valence-electron chi connectivity index (χ0n) is 13.9. The standard InChI is InChI=1S/C20H19NO4/c1-14-2-6-17(7-3-14)25-11-10-21-9-8-15-4-5-16(19(23)13-22)12-18(15)20(21)24/h2-9,12,22H,10-11,13H2,1H3. The summed E-state index contributed by atoms with van der Waals surface area (Å²) in [6.07, 6.45) is 1.72. The molecule has 1 N–H and O–H groups in total. The minimum atomic E-state index is -0.572. The summed E-state index contributed by atoms with van der Waals surface area (Å²) in [6, 6.07) is 14.4. The molecule has 0 radical (unpaired) electrons. The number of pyridine rings is 1. The number of carbonyl (C=O) groups is 1. The fourth-order valence-corrected chi connectivity index (χ4v) is 2.62. The van der Waals surface area contributed by atoms with Crippen LogP contribution in [0.4, 0.5) is 0 Å². The number of aliphatic hydroxyl groups is 1. The van der Waals surface area contributed by atoms with E-state index in [2.05, 4.69) is 0 Å². The fraction of sp³-hybridized carbons (Fsp3) is 0.200. The van der Waals surface area contributed by atoms with Crippen LogP contribution in [0, 0.1) is 6.92 Å². The molecule has 3 rings (SSSR count). The van der Waals surface area contributed by atoms with Crippen LogP contribution in [0.5, 0.6) is 5.75 Å². The zero-order chi connectivity index (χ0) is 17.8. The summed E-state index contributed by atoms with van der Waals surface area (Å²) in [5, 5.41) is 10.2. The Bertz CT molecular complexity index is 958. The molecule has 0 saturated carbocycles. The molecule has 0 aliphatic heterocycles. The van der Waals surface area contributed by atoms with Gasteiger partial charge in [-0.05, 0) is 36.6 Å². The summed E-state index contributed by atoms with van der Waals surface area (Å²) in [4.78, 5) is 24.2. The average molecular weight is 337 g/mol. The van der Waals surface area contributed by atoms with Gasteiger partial charge in [0.15, 0.2) is 5.78 Å². The van der Waals surface area contributed by atoms with Crippen LogP contribution >= 0.6 is 0 Å². The molecule has 0 spiro atoms. The molecule has 0 fully saturated rings. The van der Waals surface area contributed by atoms with E-state index < -0.39 is 12.4 Å². The molecular formula is C20H19NO4. The number of aryl methyl sites for hydroxylation is 1. The average Bonchev–Trinajstić information content (AvgIpc) is 2.64. The topological polar surface area (TPSA) is 68.5 Å². The summed E-state index contributed by atoms with van der Waals surface area (Å²) in [6.45, 7) is 2.20. The molecule has 2 aromatic carbocycles. The first-order chi connectivity index (χ1) is 12.1. The summed E-state index contributed by atoms with van der Waals surface area (Å²) >= 11 is 0. The Morgan fingerprint density at radius 1 is 1.12 bits per heavy atom. The van der Waals surface area contributed by atoms with E-state index in [1.807, 2.05) is 37.3 Å². The van der Waals surface area contributed by atoms with Crippen LogP contribution in [0.25, 0.3) is 10.8 Å². The maximum atomic E-state index is 12.6. The fourth-order valence-electron chi connectivity index (χ4n) is 2.62. The number of ketones is 1. The molecule has 0 aliphatic rings. The van der Waals surface area contributed by atoms with Gasteiger partial charge in [-0.15, -0.1) is 0 Å². The lowest BCUT2D eigenvalue weighted by Crippen LogP contribution is -2.23. The minimum absolute atomic E-state index is 0.183. The monoisotopic (exact) mass is 337 g/mol. The van der Waals surface area contributed by atoms with Crippen molar-refractivity contribution in [2.24, 2.45) is 0 Å². The van der Waals surface area contributed by atoms with E-state index in [1.54, 1.807) is 22.9 Å². The van der Waals surface area contributed by atoms with Gasteiger partial charge >= 0.3 is 0 Å². The number of benzene rings is 2. The molecular weight excluding hydrogens is 318 g/mol. The third kappa shape index (κ3) is 3.78. The second kappa shape index (κ2) is 7.32. The number of ether oxygens (including phenoxy) is 1. The largest absolute Gasteiger partial charge is 0.492 e. The first-order valence-corrected chi connectivity index (χ1v) is 8.05. The van der Waals surface area contributed by atoms with Gasteiger partial charge in [-0.2, -0.15) is 0 Å². The van der Waals surface area contributed by atoms with E-state index >= 15 is 0 Å². The first kappa shape index (κ1) is 16.9. The lowest BCUT2D eigenvalue weighted by Gasteiger charge is -2.10. The normalized spacial score (nSPS) is 10.8. The van der Waals surface area contributed by atoms with Crippen LogP contribution in [0.3, 0.4) is 0 Å². The maximum Gasteiger partial charge on any atom is 0.258 e. The maximum absolute atomic E-state index is 12.6. The molecule has 0 saturated heterocycles. The number of aromatic nitrogens is 1. The highest BCUT2D eigenvalue weighted by molar-refractivity contribution is 6.00. The Kier molecular flexibility index (Phi) is 4.95. The lowest BCUT2D eigenvalue weighted by atomic mass is 10.1. The Morgan fingerprint density at radius 3 is 2.60 bits per heavy atom. The van der Waals surface area contributed by atoms with Gasteiger partial charge in [0.25, 0.3) is 5.56 Å². The quantitative estimate of drug-likeness (QED) is 0.702. The number of fused-ring (bicyclic) bond motifs is 1. The molecule has 5 heteroatoms. The molecule has 0 atom stereocenters. The number of Topliss-reactive ketones (excluding diaryl/α,β-unsaturated/α-hetero) is 1. The van der Waals surface area contributed by atoms with Crippen LogP contribution in [0.15, 0.2) is 59.5 Å². The van der Waals surface area contributed by atoms with Crippen LogP contribution in [0.2, 0.25) is 0 Å². The van der Waals surface area contributed by atoms with Crippen molar-refractivity contribution in [1.29, 1.82) is 0 Å². The van der Waals surface area contributed by atoms with Crippen LogP contribution < -0.4 is 10.3 Å². The molecule has 0 unspecified atom stereocenters. The van der Waals surface area contributed by atoms with Crippen molar-refractivity contribution in [2.75, 3.05) is 13.2 Å². The first-order valence-electron chi connectivity index (χ1n) is 8.05. The highest BCUT2D eigenvalue weighted by Crippen LogP contribution is 2.14. The molecule has 0 amide bonds. The van der Waals surface area contributed by atoms with E-state index in [9.17, 15) is 9.59 Å². The van der Waals surface area contributed by atoms with Crippen LogP contribution in [0.1, 0.15) is 15.9 Å². The molecule has 25 heavy (non-hydrogen) atoms. The molecule has 1 aromatic heterocycles. The molecule has 1 heterocycles. The predicted octanol–water partition coefficient (Wildman–Crippen LogP) is 2.56. The third-order valence-corrected chi connectivity index (χ3v) is 4.07. The van der Waals surface area contributed by atoms with Gasteiger partial charge in [-0.3, -0.25) is 9.59 Å². The van der Waals surface area contributed by atoms with Gasteiger partial charge in [0.1, 0.15) is 19.0 Å². The number of carbonyl (C=O) groups excluding carboxylic acids is 1. The van der Waals surface area contributed by atoms with Gasteiger partial charge in [0.05, 0.1) is 6.54 Å². The molecule has 3 aromatic rings. The van der Waals surface area contributed by atoms with Gasteiger partial charge < -0.3 is 14.4 Å². The number of hydrogen-bond donors (Lipinski definition) is 1. The van der Waals surface area contributed by atoms with Gasteiger partial charge in [0.2, 0.25) is 0 Å². The molecule has 128 valence electrons. The van der Waals surface area contributed by atoms with Gasteiger partial charge in [0, 0.05) is 17.1 Å². The second-order valence-corrected chi connectivity index (χ2v) is 5.86. The number of nitrogens with zero attached hydrogens (tertiary/aromatic N) is 1. The highest BCUT2D eigenvalue weighted by atomic mass is 16.5. The van der Waals surface area contributed by atoms with Crippen molar-refractivity contribution in [2.45, 2.75) is 13.5 Å². The number of rotatable bonds is 6. The minimum Gasteiger partial charge on any atom is -0.492 e. The second-order valence-electron chi connectivity index (χ2n) is 5.86. The number of aliphatic hydroxyl groups excluding tert-OH is 1. The molecule has 0 aliphatic carbocycles. The SMILES string of the molecule is Cc1ccc(OCCn2ccc3ccc(C(=O)CO)cc3c2=O)cc1. The van der Waals surface area contributed by atoms with Crippen molar-refractivity contribution in [1.82, 2.24) is 4.57 Å². The van der Waals surface area contributed by atoms with E-state index in [0.29, 0.717) is 24.1 Å². The Balaban J connectivity index is 1.79. The Hall–Kier alpha value is -2.92. The molecule has 5 nitrogen and oxygen atoms in total. The van der Waals surface area contributed by atoms with Crippen molar-refractivity contribution in [3.8, 4) is 5.75 Å². The third-order valence-electron chi connectivity index (χ3n) is 4.07. The van der Waals surface area contributed by atoms with Gasteiger partial charge in [-0.25, -0.2) is 0 Å². The Labute approximate surface area is 145 Å². The van der Waals surface area contributed by atoms with Crippen molar-refractivity contribution < 1.29 is 14.6 Å². The summed E-state index contributed by atoms with van der Waals surface area (Å²) < 4.78 is 7.22. The summed E-state index contributed by atoms with van der Waals surface area (Å²) in [5.74, 6) is 0.356. The van der Waals surface area contributed by atoms with Gasteiger partial charge in [-0.1, -0.05) is 29.8 Å². The van der Waals surface area contributed by atoms with Crippen molar-refractivity contribution in [3.63, 3.8) is 0 Å². The summed E-state index contributed by atoms with van der Waals surface area (Å²) in [7, 11) is 0. The van der Waals surface area contributed by atoms with E-state index in [-0.39, 0.29) is 5.56 Å². The highest BCUT2D eigenvalue weighted by Gasteiger charge is 2.08. The smallest absolute Gasteiger partial charge is 0.258 e. The lowest BCUT2D eigenvalue weighted by molar-refractivity contribution is 0.0904. The molecule has 0 bridgehead atoms. The van der Waals surface area contributed by atoms with E-state index in [0.717, 1.165) is 16.7 Å². The van der Waals surface area contributed by atoms with Crippen molar-refractivity contribution in [3.05, 3.63) is 76.2 Å². The van der Waals surface area contributed by atoms with Crippen molar-refractivity contribution >= 4 is 16.6 Å². The zero-order valence-corrected chi connectivity index (χ0v) is 13.9. The Morgan fingerprint density at radius 2 is 1.88 bits per heavy atom. The summed E-state index contributed by atoms with van der Waals surface area (Å²) in [5.41, 5.74) is 1.31. The predicted molar refractivity (Wildman–Crippen MR) is 96.3 cm³/mol.